The zero-order valence-corrected chi connectivity index (χ0v) is 12.9. The first-order valence-corrected chi connectivity index (χ1v) is 8.75. The number of rotatable bonds is 6. The first-order valence-electron chi connectivity index (χ1n) is 8.75. The molecule has 0 aromatic rings. The van der Waals surface area contributed by atoms with Crippen LogP contribution in [-0.4, -0.2) is 36.1 Å². The Bertz CT molecular complexity index is 279. The van der Waals surface area contributed by atoms with Crippen LogP contribution in [-0.2, 0) is 0 Å². The number of nitrogens with zero attached hydrogens (tertiary/aromatic N) is 1. The molecule has 0 radical (unpaired) electrons. The van der Waals surface area contributed by atoms with Crippen molar-refractivity contribution in [3.8, 4) is 0 Å². The highest BCUT2D eigenvalue weighted by molar-refractivity contribution is 4.93. The van der Waals surface area contributed by atoms with Gasteiger partial charge in [0.05, 0.1) is 0 Å². The third-order valence-corrected chi connectivity index (χ3v) is 5.67. The van der Waals surface area contributed by atoms with Crippen LogP contribution in [0.4, 0.5) is 0 Å². The van der Waals surface area contributed by atoms with Crippen molar-refractivity contribution in [2.24, 2.45) is 11.8 Å². The molecule has 3 aliphatic rings. The third kappa shape index (κ3) is 3.33. The highest BCUT2D eigenvalue weighted by atomic mass is 15.2. The molecule has 19 heavy (non-hydrogen) atoms. The lowest BCUT2D eigenvalue weighted by atomic mass is 9.93. The van der Waals surface area contributed by atoms with E-state index in [1.807, 2.05) is 0 Å². The second-order valence-corrected chi connectivity index (χ2v) is 7.49. The maximum absolute atomic E-state index is 3.78. The lowest BCUT2D eigenvalue weighted by Crippen LogP contribution is -2.50. The summed E-state index contributed by atoms with van der Waals surface area (Å²) >= 11 is 0. The third-order valence-electron chi connectivity index (χ3n) is 5.67. The van der Waals surface area contributed by atoms with Crippen molar-refractivity contribution >= 4 is 0 Å². The highest BCUT2D eigenvalue weighted by Gasteiger charge is 2.38. The van der Waals surface area contributed by atoms with Crippen molar-refractivity contribution in [2.75, 3.05) is 13.1 Å². The first-order chi connectivity index (χ1) is 9.25. The summed E-state index contributed by atoms with van der Waals surface area (Å²) in [6.45, 7) is 7.43. The van der Waals surface area contributed by atoms with Crippen molar-refractivity contribution in [1.82, 2.24) is 10.2 Å². The Morgan fingerprint density at radius 2 is 1.74 bits per heavy atom. The minimum absolute atomic E-state index is 0.772. The molecule has 3 fully saturated rings. The molecule has 110 valence electrons. The summed E-state index contributed by atoms with van der Waals surface area (Å²) in [5, 5.41) is 3.78. The van der Waals surface area contributed by atoms with E-state index in [1.165, 1.54) is 64.5 Å². The molecule has 0 amide bonds. The van der Waals surface area contributed by atoms with E-state index in [2.05, 4.69) is 24.1 Å². The fourth-order valence-electron chi connectivity index (χ4n) is 4.39. The number of hydrogen-bond donors (Lipinski definition) is 1. The molecular formula is C17H32N2. The molecule has 0 bridgehead atoms. The van der Waals surface area contributed by atoms with Gasteiger partial charge in [-0.25, -0.2) is 0 Å². The van der Waals surface area contributed by atoms with E-state index in [-0.39, 0.29) is 0 Å². The predicted octanol–water partition coefficient (Wildman–Crippen LogP) is 3.42. The summed E-state index contributed by atoms with van der Waals surface area (Å²) in [4.78, 5) is 2.90. The molecule has 1 aliphatic heterocycles. The van der Waals surface area contributed by atoms with Crippen LogP contribution in [0.1, 0.15) is 65.2 Å². The second-order valence-electron chi connectivity index (χ2n) is 7.49. The molecule has 2 heteroatoms. The molecule has 1 saturated heterocycles. The highest BCUT2D eigenvalue weighted by Crippen LogP contribution is 2.37. The van der Waals surface area contributed by atoms with Gasteiger partial charge < -0.3 is 5.32 Å². The summed E-state index contributed by atoms with van der Waals surface area (Å²) in [7, 11) is 0. The minimum Gasteiger partial charge on any atom is -0.312 e. The normalized spacial score (nSPS) is 31.4. The van der Waals surface area contributed by atoms with E-state index >= 15 is 0 Å². The van der Waals surface area contributed by atoms with Gasteiger partial charge in [0.1, 0.15) is 0 Å². The van der Waals surface area contributed by atoms with Crippen molar-refractivity contribution < 1.29 is 0 Å². The molecule has 0 aromatic heterocycles. The number of nitrogens with one attached hydrogen (secondary N) is 1. The quantitative estimate of drug-likeness (QED) is 0.791. The molecule has 2 atom stereocenters. The zero-order chi connectivity index (χ0) is 13.2. The van der Waals surface area contributed by atoms with Crippen LogP contribution in [0.3, 0.4) is 0 Å². The van der Waals surface area contributed by atoms with Crippen LogP contribution >= 0.6 is 0 Å². The summed E-state index contributed by atoms with van der Waals surface area (Å²) in [5.41, 5.74) is 0. The van der Waals surface area contributed by atoms with E-state index in [4.69, 9.17) is 0 Å². The van der Waals surface area contributed by atoms with Gasteiger partial charge in [-0.2, -0.15) is 0 Å². The fraction of sp³-hybridized carbons (Fsp3) is 1.00. The van der Waals surface area contributed by atoms with E-state index in [0.29, 0.717) is 0 Å². The Morgan fingerprint density at radius 1 is 1.00 bits per heavy atom. The molecule has 1 N–H and O–H groups in total. The summed E-state index contributed by atoms with van der Waals surface area (Å²) in [5.74, 6) is 1.80. The standard InChI is InChI=1S/C17H32N2/c1-13(2)17(12-18-15-9-10-15)19-11-5-8-16(19)14-6-3-4-7-14/h13-18H,3-12H2,1-2H3. The van der Waals surface area contributed by atoms with Gasteiger partial charge in [-0.05, 0) is 56.9 Å². The average molecular weight is 264 g/mol. The molecule has 0 aromatic carbocycles. The molecule has 0 spiro atoms. The minimum atomic E-state index is 0.772. The van der Waals surface area contributed by atoms with Gasteiger partial charge in [0.25, 0.3) is 0 Å². The van der Waals surface area contributed by atoms with E-state index in [9.17, 15) is 0 Å². The fourth-order valence-corrected chi connectivity index (χ4v) is 4.39. The SMILES string of the molecule is CC(C)C(CNC1CC1)N1CCCC1C1CCCC1. The predicted molar refractivity (Wildman–Crippen MR) is 81.3 cm³/mol. The van der Waals surface area contributed by atoms with Crippen LogP contribution in [0.15, 0.2) is 0 Å². The van der Waals surface area contributed by atoms with Gasteiger partial charge in [0.15, 0.2) is 0 Å². The molecule has 2 nitrogen and oxygen atoms in total. The first kappa shape index (κ1) is 13.9. The Kier molecular flexibility index (Phi) is 4.48. The average Bonchev–Trinajstić information content (AvgIpc) is 2.89. The van der Waals surface area contributed by atoms with E-state index in [0.717, 1.165) is 30.0 Å². The Balaban J connectivity index is 1.61. The Labute approximate surface area is 119 Å². The number of hydrogen-bond acceptors (Lipinski definition) is 2. The van der Waals surface area contributed by atoms with E-state index in [1.54, 1.807) is 0 Å². The zero-order valence-electron chi connectivity index (χ0n) is 12.9. The molecule has 2 saturated carbocycles. The van der Waals surface area contributed by atoms with Gasteiger partial charge in [-0.1, -0.05) is 26.7 Å². The lowest BCUT2D eigenvalue weighted by Gasteiger charge is -2.38. The summed E-state index contributed by atoms with van der Waals surface area (Å²) in [6.07, 6.45) is 11.7. The van der Waals surface area contributed by atoms with Gasteiger partial charge >= 0.3 is 0 Å². The maximum Gasteiger partial charge on any atom is 0.0246 e. The summed E-state index contributed by atoms with van der Waals surface area (Å²) < 4.78 is 0. The molecular weight excluding hydrogens is 232 g/mol. The second kappa shape index (κ2) is 6.13. The van der Waals surface area contributed by atoms with Crippen molar-refractivity contribution in [3.05, 3.63) is 0 Å². The van der Waals surface area contributed by atoms with Crippen LogP contribution in [0, 0.1) is 11.8 Å². The Hall–Kier alpha value is -0.0800. The van der Waals surface area contributed by atoms with Gasteiger partial charge in [-0.15, -0.1) is 0 Å². The smallest absolute Gasteiger partial charge is 0.0246 e. The molecule has 3 rings (SSSR count). The van der Waals surface area contributed by atoms with Crippen molar-refractivity contribution in [1.29, 1.82) is 0 Å². The molecule has 1 heterocycles. The van der Waals surface area contributed by atoms with Gasteiger partial charge in [0, 0.05) is 24.7 Å². The van der Waals surface area contributed by atoms with Crippen LogP contribution < -0.4 is 5.32 Å². The topological polar surface area (TPSA) is 15.3 Å². The van der Waals surface area contributed by atoms with Crippen molar-refractivity contribution in [2.45, 2.75) is 83.3 Å². The molecule has 2 aliphatic carbocycles. The maximum atomic E-state index is 3.78. The summed E-state index contributed by atoms with van der Waals surface area (Å²) in [6, 6.07) is 2.54. The van der Waals surface area contributed by atoms with Crippen LogP contribution in [0.25, 0.3) is 0 Å². The number of likely N-dealkylation sites (tertiary alicyclic amines) is 1. The van der Waals surface area contributed by atoms with Crippen molar-refractivity contribution in [3.63, 3.8) is 0 Å². The largest absolute Gasteiger partial charge is 0.312 e. The van der Waals surface area contributed by atoms with Crippen LogP contribution in [0.5, 0.6) is 0 Å². The van der Waals surface area contributed by atoms with E-state index < -0.39 is 0 Å². The van der Waals surface area contributed by atoms with Gasteiger partial charge in [-0.3, -0.25) is 4.90 Å². The van der Waals surface area contributed by atoms with Crippen LogP contribution in [0.2, 0.25) is 0 Å². The lowest BCUT2D eigenvalue weighted by molar-refractivity contribution is 0.103. The Morgan fingerprint density at radius 3 is 2.37 bits per heavy atom. The monoisotopic (exact) mass is 264 g/mol. The molecule has 2 unspecified atom stereocenters. The van der Waals surface area contributed by atoms with Gasteiger partial charge in [0.2, 0.25) is 0 Å².